The van der Waals surface area contributed by atoms with Gasteiger partial charge >= 0.3 is 0 Å². The number of carbonyl (C=O) groups excluding carboxylic acids is 1. The Morgan fingerprint density at radius 2 is 2.11 bits per heavy atom. The summed E-state index contributed by atoms with van der Waals surface area (Å²) in [7, 11) is 0. The topological polar surface area (TPSA) is 52.6 Å². The van der Waals surface area contributed by atoms with Crippen molar-refractivity contribution in [2.75, 3.05) is 19.6 Å². The van der Waals surface area contributed by atoms with Crippen LogP contribution in [0, 0.1) is 11.3 Å². The van der Waals surface area contributed by atoms with E-state index < -0.39 is 0 Å². The van der Waals surface area contributed by atoms with Gasteiger partial charge in [-0.1, -0.05) is 29.3 Å². The van der Waals surface area contributed by atoms with Crippen molar-refractivity contribution in [1.82, 2.24) is 10.2 Å². The normalized spacial score (nSPS) is 24.0. The highest BCUT2D eigenvalue weighted by Gasteiger charge is 2.58. The molecule has 1 heterocycles. The molecule has 28 heavy (non-hydrogen) atoms. The lowest BCUT2D eigenvalue weighted by atomic mass is 9.90. The molecular formula is C23H31ClN2O2. The van der Waals surface area contributed by atoms with Crippen LogP contribution in [0.2, 0.25) is 5.02 Å². The van der Waals surface area contributed by atoms with Crippen LogP contribution in [0.15, 0.2) is 29.8 Å². The number of nitrogens with zero attached hydrogens (tertiary/aromatic N) is 1. The first-order valence-electron chi connectivity index (χ1n) is 10.7. The standard InChI is InChI=1S/C23H31ClN2O2/c24-20-14-18(6-7-21(20)27)16-26-12-9-23(10-13-26)15-19(23)22(28)25-11-8-17-4-2-1-3-5-17/h4,6-7,14,19,27H,1-3,5,8-13,15-16H2,(H,25,28)/t19-/m1/s1. The second-order valence-electron chi connectivity index (χ2n) is 8.83. The van der Waals surface area contributed by atoms with Crippen LogP contribution in [0.1, 0.15) is 56.9 Å². The molecule has 0 aromatic heterocycles. The third-order valence-corrected chi connectivity index (χ3v) is 7.21. The fourth-order valence-electron chi connectivity index (χ4n) is 4.94. The van der Waals surface area contributed by atoms with E-state index in [0.29, 0.717) is 5.02 Å². The quantitative estimate of drug-likeness (QED) is 0.680. The number of nitrogens with one attached hydrogen (secondary N) is 1. The minimum Gasteiger partial charge on any atom is -0.506 e. The lowest BCUT2D eigenvalue weighted by Gasteiger charge is -2.32. The highest BCUT2D eigenvalue weighted by atomic mass is 35.5. The van der Waals surface area contributed by atoms with Crippen molar-refractivity contribution in [3.05, 3.63) is 40.4 Å². The van der Waals surface area contributed by atoms with E-state index >= 15 is 0 Å². The summed E-state index contributed by atoms with van der Waals surface area (Å²) in [6, 6.07) is 5.44. The van der Waals surface area contributed by atoms with E-state index in [4.69, 9.17) is 11.6 Å². The minimum atomic E-state index is 0.134. The second kappa shape index (κ2) is 8.46. The van der Waals surface area contributed by atoms with Crippen molar-refractivity contribution >= 4 is 17.5 Å². The van der Waals surface area contributed by atoms with Crippen LogP contribution in [-0.2, 0) is 11.3 Å². The Morgan fingerprint density at radius 1 is 1.29 bits per heavy atom. The second-order valence-corrected chi connectivity index (χ2v) is 9.24. The molecule has 1 spiro atoms. The van der Waals surface area contributed by atoms with E-state index in [1.165, 1.54) is 31.3 Å². The van der Waals surface area contributed by atoms with Gasteiger partial charge in [-0.25, -0.2) is 0 Å². The molecule has 3 aliphatic rings. The van der Waals surface area contributed by atoms with Gasteiger partial charge in [0.05, 0.1) is 5.02 Å². The van der Waals surface area contributed by atoms with Crippen molar-refractivity contribution in [2.24, 2.45) is 11.3 Å². The van der Waals surface area contributed by atoms with Gasteiger partial charge in [0.1, 0.15) is 5.75 Å². The molecule has 4 rings (SSSR count). The molecule has 1 aliphatic heterocycles. The summed E-state index contributed by atoms with van der Waals surface area (Å²) < 4.78 is 0. The van der Waals surface area contributed by atoms with Crippen LogP contribution in [0.5, 0.6) is 5.75 Å². The molecule has 4 nitrogen and oxygen atoms in total. The number of piperidine rings is 1. The zero-order valence-corrected chi connectivity index (χ0v) is 17.3. The number of allylic oxidation sites excluding steroid dienone is 1. The van der Waals surface area contributed by atoms with Crippen LogP contribution >= 0.6 is 11.6 Å². The van der Waals surface area contributed by atoms with Gasteiger partial charge in [-0.05, 0) is 87.6 Å². The van der Waals surface area contributed by atoms with Gasteiger partial charge in [0, 0.05) is 19.0 Å². The molecule has 5 heteroatoms. The number of hydrogen-bond donors (Lipinski definition) is 2. The molecule has 1 atom stereocenters. The highest BCUT2D eigenvalue weighted by molar-refractivity contribution is 6.32. The molecule has 2 N–H and O–H groups in total. The number of phenols is 1. The maximum absolute atomic E-state index is 12.6. The van der Waals surface area contributed by atoms with E-state index in [1.807, 2.05) is 12.1 Å². The Balaban J connectivity index is 1.20. The van der Waals surface area contributed by atoms with E-state index in [1.54, 1.807) is 6.07 Å². The summed E-state index contributed by atoms with van der Waals surface area (Å²) in [5, 5.41) is 13.2. The van der Waals surface area contributed by atoms with Crippen molar-refractivity contribution in [3.8, 4) is 5.75 Å². The van der Waals surface area contributed by atoms with Crippen LogP contribution in [-0.4, -0.2) is 35.5 Å². The summed E-state index contributed by atoms with van der Waals surface area (Å²) in [5.74, 6) is 0.628. The Hall–Kier alpha value is -1.52. The average Bonchev–Trinajstić information content (AvgIpc) is 3.41. The van der Waals surface area contributed by atoms with Gasteiger partial charge in [0.2, 0.25) is 5.91 Å². The first-order chi connectivity index (χ1) is 13.6. The summed E-state index contributed by atoms with van der Waals surface area (Å²) in [6.07, 6.45) is 11.7. The largest absolute Gasteiger partial charge is 0.506 e. The van der Waals surface area contributed by atoms with Gasteiger partial charge in [-0.2, -0.15) is 0 Å². The number of hydrogen-bond acceptors (Lipinski definition) is 3. The monoisotopic (exact) mass is 402 g/mol. The zero-order chi connectivity index (χ0) is 19.6. The third-order valence-electron chi connectivity index (χ3n) is 6.91. The van der Waals surface area contributed by atoms with Crippen molar-refractivity contribution in [1.29, 1.82) is 0 Å². The minimum absolute atomic E-state index is 0.134. The number of aromatic hydroxyl groups is 1. The molecule has 1 saturated carbocycles. The molecule has 0 unspecified atom stereocenters. The van der Waals surface area contributed by atoms with Gasteiger partial charge in [0.25, 0.3) is 0 Å². The molecule has 1 saturated heterocycles. The fourth-order valence-corrected chi connectivity index (χ4v) is 5.14. The maximum Gasteiger partial charge on any atom is 0.223 e. The number of likely N-dealkylation sites (tertiary alicyclic amines) is 1. The Kier molecular flexibility index (Phi) is 5.98. The lowest BCUT2D eigenvalue weighted by Crippen LogP contribution is -2.37. The molecule has 0 radical (unpaired) electrons. The fraction of sp³-hybridized carbons (Fsp3) is 0.609. The number of carbonyl (C=O) groups is 1. The lowest BCUT2D eigenvalue weighted by molar-refractivity contribution is -0.123. The van der Waals surface area contributed by atoms with Crippen LogP contribution in [0.3, 0.4) is 0 Å². The SMILES string of the molecule is O=C(NCCC1=CCCCC1)[C@H]1CC12CCN(Cc1ccc(O)c(Cl)c1)CC2. The van der Waals surface area contributed by atoms with E-state index in [0.717, 1.165) is 57.4 Å². The van der Waals surface area contributed by atoms with Crippen molar-refractivity contribution < 1.29 is 9.90 Å². The summed E-state index contributed by atoms with van der Waals surface area (Å²) >= 11 is 6.02. The molecule has 1 amide bonds. The Bertz CT molecular complexity index is 753. The first kappa shape index (κ1) is 19.8. The van der Waals surface area contributed by atoms with Gasteiger partial charge in [-0.15, -0.1) is 0 Å². The van der Waals surface area contributed by atoms with E-state index in [2.05, 4.69) is 16.3 Å². The summed E-state index contributed by atoms with van der Waals surface area (Å²) in [4.78, 5) is 15.0. The highest BCUT2D eigenvalue weighted by Crippen LogP contribution is 2.59. The predicted octanol–water partition coefficient (Wildman–Crippen LogP) is 4.65. The molecule has 0 bridgehead atoms. The molecule has 152 valence electrons. The zero-order valence-electron chi connectivity index (χ0n) is 16.6. The summed E-state index contributed by atoms with van der Waals surface area (Å²) in [5.41, 5.74) is 2.90. The Labute approximate surface area is 172 Å². The smallest absolute Gasteiger partial charge is 0.223 e. The predicted molar refractivity (Wildman–Crippen MR) is 112 cm³/mol. The maximum atomic E-state index is 12.6. The molecular weight excluding hydrogens is 372 g/mol. The number of benzene rings is 1. The van der Waals surface area contributed by atoms with E-state index in [-0.39, 0.29) is 23.0 Å². The molecule has 2 aliphatic carbocycles. The Morgan fingerprint density at radius 3 is 2.82 bits per heavy atom. The van der Waals surface area contributed by atoms with Crippen molar-refractivity contribution in [2.45, 2.75) is 57.9 Å². The van der Waals surface area contributed by atoms with Crippen LogP contribution in [0.4, 0.5) is 0 Å². The molecule has 1 aromatic carbocycles. The van der Waals surface area contributed by atoms with E-state index in [9.17, 15) is 9.90 Å². The van der Waals surface area contributed by atoms with Gasteiger partial charge < -0.3 is 10.4 Å². The summed E-state index contributed by atoms with van der Waals surface area (Å²) in [6.45, 7) is 3.69. The molecule has 2 fully saturated rings. The number of phenolic OH excluding ortho intramolecular Hbond substituents is 1. The van der Waals surface area contributed by atoms with Gasteiger partial charge in [-0.3, -0.25) is 9.69 Å². The number of amides is 1. The van der Waals surface area contributed by atoms with Crippen LogP contribution in [0.25, 0.3) is 0 Å². The molecule has 1 aromatic rings. The average molecular weight is 403 g/mol. The number of rotatable bonds is 6. The van der Waals surface area contributed by atoms with Crippen molar-refractivity contribution in [3.63, 3.8) is 0 Å². The third kappa shape index (κ3) is 4.55. The first-order valence-corrected chi connectivity index (χ1v) is 11.1. The van der Waals surface area contributed by atoms with Crippen LogP contribution < -0.4 is 5.32 Å². The van der Waals surface area contributed by atoms with Gasteiger partial charge in [0.15, 0.2) is 0 Å². The number of halogens is 1.